The summed E-state index contributed by atoms with van der Waals surface area (Å²) < 4.78 is 6.01. The van der Waals surface area contributed by atoms with E-state index in [2.05, 4.69) is 48.3 Å². The van der Waals surface area contributed by atoms with Crippen LogP contribution in [0.4, 0.5) is 0 Å². The van der Waals surface area contributed by atoms with Crippen LogP contribution in [0, 0.1) is 6.92 Å². The first-order valence-electron chi connectivity index (χ1n) is 7.33. The van der Waals surface area contributed by atoms with Gasteiger partial charge in [0.05, 0.1) is 18.8 Å². The van der Waals surface area contributed by atoms with E-state index in [4.69, 9.17) is 4.74 Å². The van der Waals surface area contributed by atoms with Gasteiger partial charge in [-0.05, 0) is 38.1 Å². The van der Waals surface area contributed by atoms with Gasteiger partial charge in [-0.15, -0.1) is 0 Å². The summed E-state index contributed by atoms with van der Waals surface area (Å²) in [6.07, 6.45) is 1.43. The quantitative estimate of drug-likeness (QED) is 0.881. The van der Waals surface area contributed by atoms with Gasteiger partial charge in [0.25, 0.3) is 0 Å². The Labute approximate surface area is 116 Å². The minimum absolute atomic E-state index is 0.242. The van der Waals surface area contributed by atoms with Gasteiger partial charge in [0.2, 0.25) is 0 Å². The molecule has 1 saturated heterocycles. The van der Waals surface area contributed by atoms with Crippen LogP contribution in [0.1, 0.15) is 30.5 Å². The minimum atomic E-state index is 0.242. The second-order valence-electron chi connectivity index (χ2n) is 5.30. The van der Waals surface area contributed by atoms with Crippen molar-refractivity contribution in [2.24, 2.45) is 0 Å². The molecule has 2 rings (SSSR count). The minimum Gasteiger partial charge on any atom is -0.374 e. The summed E-state index contributed by atoms with van der Waals surface area (Å²) in [5.41, 5.74) is 2.77. The predicted molar refractivity (Wildman–Crippen MR) is 79.5 cm³/mol. The van der Waals surface area contributed by atoms with Crippen molar-refractivity contribution in [3.8, 4) is 0 Å². The van der Waals surface area contributed by atoms with Crippen LogP contribution in [-0.2, 0) is 4.74 Å². The molecule has 1 aromatic rings. The molecular formula is C16H26N2O. The van der Waals surface area contributed by atoms with Crippen molar-refractivity contribution in [2.75, 3.05) is 33.3 Å². The van der Waals surface area contributed by atoms with E-state index in [1.165, 1.54) is 17.5 Å². The smallest absolute Gasteiger partial charge is 0.0896 e. The van der Waals surface area contributed by atoms with Crippen molar-refractivity contribution in [1.29, 1.82) is 0 Å². The molecule has 0 radical (unpaired) electrons. The highest BCUT2D eigenvalue weighted by Gasteiger charge is 2.33. The maximum absolute atomic E-state index is 6.01. The van der Waals surface area contributed by atoms with E-state index >= 15 is 0 Å². The zero-order valence-corrected chi connectivity index (χ0v) is 12.4. The molecule has 2 atom stereocenters. The number of morpholine rings is 1. The van der Waals surface area contributed by atoms with Crippen LogP contribution in [-0.4, -0.2) is 44.3 Å². The molecule has 3 nitrogen and oxygen atoms in total. The second-order valence-corrected chi connectivity index (χ2v) is 5.30. The van der Waals surface area contributed by atoms with Gasteiger partial charge >= 0.3 is 0 Å². The van der Waals surface area contributed by atoms with Crippen LogP contribution in [0.3, 0.4) is 0 Å². The fourth-order valence-electron chi connectivity index (χ4n) is 3.01. The maximum atomic E-state index is 6.01. The van der Waals surface area contributed by atoms with Gasteiger partial charge in [-0.2, -0.15) is 0 Å². The van der Waals surface area contributed by atoms with E-state index in [-0.39, 0.29) is 6.10 Å². The molecule has 1 aromatic carbocycles. The summed E-state index contributed by atoms with van der Waals surface area (Å²) in [5, 5.41) is 3.27. The highest BCUT2D eigenvalue weighted by molar-refractivity contribution is 5.30. The molecule has 3 heteroatoms. The lowest BCUT2D eigenvalue weighted by atomic mass is 9.94. The molecule has 1 N–H and O–H groups in total. The van der Waals surface area contributed by atoms with E-state index in [0.29, 0.717) is 6.04 Å². The molecule has 1 aliphatic heterocycles. The van der Waals surface area contributed by atoms with E-state index in [9.17, 15) is 0 Å². The van der Waals surface area contributed by atoms with Crippen molar-refractivity contribution in [3.05, 3.63) is 35.4 Å². The summed E-state index contributed by atoms with van der Waals surface area (Å²) in [6, 6.07) is 9.07. The summed E-state index contributed by atoms with van der Waals surface area (Å²) in [5.74, 6) is 0. The summed E-state index contributed by atoms with van der Waals surface area (Å²) in [4.78, 5) is 2.58. The van der Waals surface area contributed by atoms with Gasteiger partial charge in [0.1, 0.15) is 0 Å². The number of nitrogens with one attached hydrogen (secondary N) is 1. The molecule has 0 aliphatic carbocycles. The lowest BCUT2D eigenvalue weighted by Crippen LogP contribution is -2.49. The van der Waals surface area contributed by atoms with Gasteiger partial charge < -0.3 is 10.1 Å². The molecule has 0 saturated carbocycles. The Morgan fingerprint density at radius 1 is 1.37 bits per heavy atom. The van der Waals surface area contributed by atoms with Crippen molar-refractivity contribution < 1.29 is 4.74 Å². The molecule has 0 aromatic heterocycles. The molecule has 0 bridgehead atoms. The van der Waals surface area contributed by atoms with Gasteiger partial charge in [-0.3, -0.25) is 4.90 Å². The third kappa shape index (κ3) is 3.35. The molecule has 19 heavy (non-hydrogen) atoms. The highest BCUT2D eigenvalue weighted by Crippen LogP contribution is 2.31. The molecule has 0 spiro atoms. The van der Waals surface area contributed by atoms with Crippen molar-refractivity contribution in [3.63, 3.8) is 0 Å². The topological polar surface area (TPSA) is 24.5 Å². The summed E-state index contributed by atoms with van der Waals surface area (Å²) in [6.45, 7) is 8.37. The Kier molecular flexibility index (Phi) is 5.37. The van der Waals surface area contributed by atoms with Crippen LogP contribution in [0.15, 0.2) is 24.3 Å². The number of likely N-dealkylation sites (N-methyl/N-ethyl adjacent to an activating group) is 1. The number of hydrogen-bond acceptors (Lipinski definition) is 3. The average molecular weight is 262 g/mol. The number of aryl methyl sites for hydroxylation is 1. The van der Waals surface area contributed by atoms with Gasteiger partial charge in [0, 0.05) is 13.1 Å². The van der Waals surface area contributed by atoms with Gasteiger partial charge in [-0.1, -0.05) is 31.2 Å². The Balaban J connectivity index is 2.29. The first-order valence-corrected chi connectivity index (χ1v) is 7.33. The molecule has 0 amide bonds. The first kappa shape index (κ1) is 14.5. The predicted octanol–water partition coefficient (Wildman–Crippen LogP) is 2.37. The Morgan fingerprint density at radius 3 is 2.84 bits per heavy atom. The molecule has 106 valence electrons. The second kappa shape index (κ2) is 7.04. The van der Waals surface area contributed by atoms with E-state index < -0.39 is 0 Å². The fourth-order valence-corrected chi connectivity index (χ4v) is 3.01. The normalized spacial score (nSPS) is 24.6. The highest BCUT2D eigenvalue weighted by atomic mass is 16.5. The molecule has 2 unspecified atom stereocenters. The van der Waals surface area contributed by atoms with Crippen molar-refractivity contribution in [2.45, 2.75) is 32.4 Å². The van der Waals surface area contributed by atoms with Crippen molar-refractivity contribution in [1.82, 2.24) is 10.2 Å². The summed E-state index contributed by atoms with van der Waals surface area (Å²) >= 11 is 0. The molecule has 1 heterocycles. The lowest BCUT2D eigenvalue weighted by molar-refractivity contribution is -0.0706. The van der Waals surface area contributed by atoms with Crippen LogP contribution < -0.4 is 5.32 Å². The lowest BCUT2D eigenvalue weighted by Gasteiger charge is -2.42. The monoisotopic (exact) mass is 262 g/mol. The number of ether oxygens (including phenoxy) is 1. The Bertz CT molecular complexity index is 376. The first-order chi connectivity index (χ1) is 9.27. The van der Waals surface area contributed by atoms with Crippen molar-refractivity contribution >= 4 is 0 Å². The average Bonchev–Trinajstić information content (AvgIpc) is 2.41. The zero-order valence-electron chi connectivity index (χ0n) is 12.4. The van der Waals surface area contributed by atoms with E-state index in [1.807, 2.05) is 7.05 Å². The summed E-state index contributed by atoms with van der Waals surface area (Å²) in [7, 11) is 2.00. The standard InChI is InChI=1S/C16H26N2O/c1-4-9-18-10-11-19-15(12-17-3)16(18)14-8-6-5-7-13(14)2/h5-8,15-17H,4,9-12H2,1-3H3. The Morgan fingerprint density at radius 2 is 2.16 bits per heavy atom. The maximum Gasteiger partial charge on any atom is 0.0896 e. The zero-order chi connectivity index (χ0) is 13.7. The third-order valence-electron chi connectivity index (χ3n) is 3.88. The Hall–Kier alpha value is -0.900. The molecular weight excluding hydrogens is 236 g/mol. The van der Waals surface area contributed by atoms with Crippen LogP contribution in [0.2, 0.25) is 0 Å². The van der Waals surface area contributed by atoms with Gasteiger partial charge in [-0.25, -0.2) is 0 Å². The molecule has 1 fully saturated rings. The molecule has 1 aliphatic rings. The number of nitrogens with zero attached hydrogens (tertiary/aromatic N) is 1. The van der Waals surface area contributed by atoms with Crippen LogP contribution >= 0.6 is 0 Å². The van der Waals surface area contributed by atoms with Gasteiger partial charge in [0.15, 0.2) is 0 Å². The van der Waals surface area contributed by atoms with E-state index in [1.54, 1.807) is 0 Å². The van der Waals surface area contributed by atoms with Crippen LogP contribution in [0.25, 0.3) is 0 Å². The van der Waals surface area contributed by atoms with Crippen LogP contribution in [0.5, 0.6) is 0 Å². The fraction of sp³-hybridized carbons (Fsp3) is 0.625. The number of benzene rings is 1. The SMILES string of the molecule is CCCN1CCOC(CNC)C1c1ccccc1C. The largest absolute Gasteiger partial charge is 0.374 e. The third-order valence-corrected chi connectivity index (χ3v) is 3.88. The van der Waals surface area contributed by atoms with E-state index in [0.717, 1.165) is 26.2 Å². The number of rotatable bonds is 5. The number of hydrogen-bond donors (Lipinski definition) is 1.